The van der Waals surface area contributed by atoms with Crippen molar-refractivity contribution in [2.24, 2.45) is 0 Å². The van der Waals surface area contributed by atoms with Gasteiger partial charge in [0.1, 0.15) is 17.3 Å². The molecule has 0 aliphatic carbocycles. The minimum absolute atomic E-state index is 0.0931. The number of aryl methyl sites for hydroxylation is 1. The molecule has 4 bridgehead atoms. The number of pyridine rings is 1. The number of nitrogens with zero attached hydrogens (tertiary/aromatic N) is 4. The molecule has 0 saturated heterocycles. The maximum absolute atomic E-state index is 12.9. The van der Waals surface area contributed by atoms with Crippen molar-refractivity contribution in [2.45, 2.75) is 32.7 Å². The number of fused-ring (bicyclic) bond motifs is 6. The van der Waals surface area contributed by atoms with Crippen LogP contribution in [0, 0.1) is 0 Å². The van der Waals surface area contributed by atoms with E-state index < -0.39 is 5.91 Å². The largest absolute Gasteiger partial charge is 0.475 e. The van der Waals surface area contributed by atoms with Gasteiger partial charge in [-0.25, -0.2) is 9.97 Å². The first-order valence-corrected chi connectivity index (χ1v) is 12.1. The molecule has 12 heteroatoms. The first-order chi connectivity index (χ1) is 17.0. The number of ketones is 1. The minimum Gasteiger partial charge on any atom is -0.475 e. The fourth-order valence-corrected chi connectivity index (χ4v) is 4.15. The Morgan fingerprint density at radius 1 is 1.29 bits per heavy atom. The van der Waals surface area contributed by atoms with Crippen LogP contribution in [0.4, 0.5) is 5.69 Å². The molecule has 11 nitrogen and oxygen atoms in total. The van der Waals surface area contributed by atoms with E-state index in [0.717, 1.165) is 5.56 Å². The van der Waals surface area contributed by atoms with Crippen molar-refractivity contribution >= 4 is 34.7 Å². The Labute approximate surface area is 205 Å². The van der Waals surface area contributed by atoms with Crippen LogP contribution in [-0.4, -0.2) is 63.8 Å². The van der Waals surface area contributed by atoms with Crippen LogP contribution in [0.1, 0.15) is 47.2 Å². The number of anilines is 1. The molecule has 0 atom stereocenters. The van der Waals surface area contributed by atoms with Crippen molar-refractivity contribution in [1.82, 2.24) is 19.7 Å². The van der Waals surface area contributed by atoms with Crippen molar-refractivity contribution in [3.63, 3.8) is 0 Å². The van der Waals surface area contributed by atoms with E-state index in [9.17, 15) is 14.4 Å². The van der Waals surface area contributed by atoms with Crippen LogP contribution in [0.5, 0.6) is 5.88 Å². The lowest BCUT2D eigenvalue weighted by atomic mass is 10.1. The number of amides is 1. The number of hydrogen-bond donors (Lipinski definition) is 1. The number of carbonyl (C=O) groups is 3. The first kappa shape index (κ1) is 24.5. The van der Waals surface area contributed by atoms with Gasteiger partial charge >= 0.3 is 5.97 Å². The Kier molecular flexibility index (Phi) is 8.16. The summed E-state index contributed by atoms with van der Waals surface area (Å²) in [5.74, 6) is -0.645. The summed E-state index contributed by atoms with van der Waals surface area (Å²) in [4.78, 5) is 46.2. The summed E-state index contributed by atoms with van der Waals surface area (Å²) in [6.45, 7) is 3.26. The smallest absolute Gasteiger partial charge is 0.307 e. The molecular weight excluding hydrogens is 474 g/mol. The molecule has 0 spiro atoms. The van der Waals surface area contributed by atoms with Crippen LogP contribution >= 0.6 is 11.3 Å². The third-order valence-corrected chi connectivity index (χ3v) is 5.90. The van der Waals surface area contributed by atoms with Crippen LogP contribution < -0.4 is 10.1 Å². The number of thiazole rings is 1. The molecule has 0 fully saturated rings. The van der Waals surface area contributed by atoms with E-state index in [0.29, 0.717) is 37.1 Å². The first-order valence-electron chi connectivity index (χ1n) is 11.2. The summed E-state index contributed by atoms with van der Waals surface area (Å²) in [7, 11) is 0. The molecule has 4 heterocycles. The Balaban J connectivity index is 1.59. The van der Waals surface area contributed by atoms with Gasteiger partial charge in [0.25, 0.3) is 5.91 Å². The van der Waals surface area contributed by atoms with Gasteiger partial charge in [-0.1, -0.05) is 0 Å². The van der Waals surface area contributed by atoms with Crippen molar-refractivity contribution in [3.05, 3.63) is 41.3 Å². The SMILES string of the molecule is CCOC(=O)CCn1cc2c(n1)C(=O)CCCOCCOc1cc(ccn1)-c1nc(cs1)C(=O)N2. The maximum atomic E-state index is 12.9. The quantitative estimate of drug-likeness (QED) is 0.538. The molecule has 1 amide bonds. The molecule has 184 valence electrons. The second-order valence-corrected chi connectivity index (χ2v) is 8.43. The molecule has 1 aliphatic rings. The van der Waals surface area contributed by atoms with Crippen molar-refractivity contribution in [3.8, 4) is 16.5 Å². The highest BCUT2D eigenvalue weighted by molar-refractivity contribution is 7.13. The second kappa shape index (κ2) is 11.7. The van der Waals surface area contributed by atoms with Crippen LogP contribution in [0.15, 0.2) is 29.9 Å². The van der Waals surface area contributed by atoms with Crippen LogP contribution in [-0.2, 0) is 20.8 Å². The lowest BCUT2D eigenvalue weighted by Gasteiger charge is -2.08. The molecule has 3 aromatic rings. The zero-order valence-corrected chi connectivity index (χ0v) is 20.0. The molecule has 1 N–H and O–H groups in total. The van der Waals surface area contributed by atoms with Crippen LogP contribution in [0.3, 0.4) is 0 Å². The Morgan fingerprint density at radius 3 is 3.03 bits per heavy atom. The fraction of sp³-hybridized carbons (Fsp3) is 0.391. The van der Waals surface area contributed by atoms with E-state index in [1.165, 1.54) is 16.0 Å². The number of hydrogen-bond acceptors (Lipinski definition) is 10. The number of ether oxygens (including phenoxy) is 3. The topological polar surface area (TPSA) is 135 Å². The van der Waals surface area contributed by atoms with Gasteiger partial charge < -0.3 is 19.5 Å². The summed E-state index contributed by atoms with van der Waals surface area (Å²) < 4.78 is 17.6. The number of Topliss-reactive ketones (excluding diaryl/α,β-unsaturated/α-hetero) is 1. The average Bonchev–Trinajstić information content (AvgIpc) is 3.50. The van der Waals surface area contributed by atoms with E-state index in [-0.39, 0.29) is 54.8 Å². The molecule has 0 radical (unpaired) electrons. The molecule has 3 aromatic heterocycles. The third-order valence-electron chi connectivity index (χ3n) is 5.01. The summed E-state index contributed by atoms with van der Waals surface area (Å²) in [5, 5.41) is 9.34. The molecule has 35 heavy (non-hydrogen) atoms. The van der Waals surface area contributed by atoms with Crippen LogP contribution in [0.2, 0.25) is 0 Å². The van der Waals surface area contributed by atoms with Gasteiger partial charge in [0, 0.05) is 42.4 Å². The normalized spacial score (nSPS) is 14.8. The van der Waals surface area contributed by atoms with Gasteiger partial charge in [0.15, 0.2) is 11.5 Å². The highest BCUT2D eigenvalue weighted by Gasteiger charge is 2.21. The Morgan fingerprint density at radius 2 is 2.17 bits per heavy atom. The summed E-state index contributed by atoms with van der Waals surface area (Å²) in [6, 6.07) is 3.54. The van der Waals surface area contributed by atoms with Crippen molar-refractivity contribution < 1.29 is 28.6 Å². The third kappa shape index (κ3) is 6.49. The predicted octanol–water partition coefficient (Wildman–Crippen LogP) is 2.98. The maximum Gasteiger partial charge on any atom is 0.307 e. The van der Waals surface area contributed by atoms with Gasteiger partial charge in [-0.15, -0.1) is 11.3 Å². The van der Waals surface area contributed by atoms with Gasteiger partial charge in [0.2, 0.25) is 5.88 Å². The highest BCUT2D eigenvalue weighted by atomic mass is 32.1. The molecular formula is C23H25N5O6S. The number of rotatable bonds is 4. The molecule has 1 aliphatic heterocycles. The lowest BCUT2D eigenvalue weighted by Crippen LogP contribution is -2.15. The zero-order chi connectivity index (χ0) is 24.6. The standard InChI is InChI=1S/C23H25N5O6S/c1-2-33-20(30)6-8-28-13-16-21(27-28)18(29)4-3-9-32-10-11-34-19-12-15(5-7-24-19)23-26-17(14-35-23)22(31)25-16/h5,7,12-14H,2-4,6,8-11H2,1H3,(H,25,31). The molecule has 0 saturated carbocycles. The number of aromatic nitrogens is 4. The average molecular weight is 500 g/mol. The van der Waals surface area contributed by atoms with Crippen LogP contribution in [0.25, 0.3) is 10.6 Å². The molecule has 0 aromatic carbocycles. The van der Waals surface area contributed by atoms with Gasteiger partial charge in [-0.05, 0) is 19.4 Å². The Hall–Kier alpha value is -3.64. The summed E-state index contributed by atoms with van der Waals surface area (Å²) in [5.41, 5.74) is 1.36. The second-order valence-electron chi connectivity index (χ2n) is 7.57. The fourth-order valence-electron chi connectivity index (χ4n) is 3.35. The summed E-state index contributed by atoms with van der Waals surface area (Å²) >= 11 is 1.31. The highest BCUT2D eigenvalue weighted by Crippen LogP contribution is 2.27. The van der Waals surface area contributed by atoms with Gasteiger partial charge in [-0.2, -0.15) is 5.10 Å². The number of esters is 1. The van der Waals surface area contributed by atoms with E-state index in [2.05, 4.69) is 20.4 Å². The van der Waals surface area contributed by atoms with Crippen molar-refractivity contribution in [2.75, 3.05) is 31.7 Å². The van der Waals surface area contributed by atoms with Gasteiger partial charge in [-0.3, -0.25) is 19.1 Å². The number of carbonyl (C=O) groups excluding carboxylic acids is 3. The molecule has 0 unspecified atom stereocenters. The van der Waals surface area contributed by atoms with E-state index in [1.54, 1.807) is 36.8 Å². The summed E-state index contributed by atoms with van der Waals surface area (Å²) in [6.07, 6.45) is 3.91. The predicted molar refractivity (Wildman–Crippen MR) is 127 cm³/mol. The lowest BCUT2D eigenvalue weighted by molar-refractivity contribution is -0.143. The minimum atomic E-state index is -0.471. The zero-order valence-electron chi connectivity index (χ0n) is 19.2. The molecule has 4 rings (SSSR count). The van der Waals surface area contributed by atoms with Gasteiger partial charge in [0.05, 0.1) is 31.9 Å². The Bertz CT molecular complexity index is 1210. The van der Waals surface area contributed by atoms with Crippen molar-refractivity contribution in [1.29, 1.82) is 0 Å². The van der Waals surface area contributed by atoms with E-state index >= 15 is 0 Å². The van der Waals surface area contributed by atoms with E-state index in [1.807, 2.05) is 0 Å². The number of nitrogens with one attached hydrogen (secondary N) is 1. The van der Waals surface area contributed by atoms with E-state index in [4.69, 9.17) is 14.2 Å². The monoisotopic (exact) mass is 499 g/mol.